The lowest BCUT2D eigenvalue weighted by atomic mass is 10.3. The van der Waals surface area contributed by atoms with Crippen LogP contribution in [-0.4, -0.2) is 20.6 Å². The summed E-state index contributed by atoms with van der Waals surface area (Å²) < 4.78 is 1.75. The fourth-order valence-electron chi connectivity index (χ4n) is 1.33. The summed E-state index contributed by atoms with van der Waals surface area (Å²) in [7, 11) is 0. The number of imidazole rings is 1. The monoisotopic (exact) mass is 202 g/mol. The van der Waals surface area contributed by atoms with Crippen molar-refractivity contribution in [2.24, 2.45) is 10.9 Å². The van der Waals surface area contributed by atoms with Crippen LogP contribution < -0.4 is 5.73 Å². The predicted molar refractivity (Wildman–Crippen MR) is 56.1 cm³/mol. The second-order valence-corrected chi connectivity index (χ2v) is 2.97. The fourth-order valence-corrected chi connectivity index (χ4v) is 1.33. The average Bonchev–Trinajstić information content (AvgIpc) is 2.78. The number of nitrogens with two attached hydrogens (primary N) is 1. The maximum Gasteiger partial charge on any atom is 0.188 e. The van der Waals surface area contributed by atoms with Gasteiger partial charge >= 0.3 is 0 Å². The Morgan fingerprint density at radius 1 is 1.33 bits per heavy atom. The van der Waals surface area contributed by atoms with Gasteiger partial charge in [0.1, 0.15) is 5.69 Å². The molecule has 1 heterocycles. The Balaban J connectivity index is 2.51. The van der Waals surface area contributed by atoms with E-state index in [2.05, 4.69) is 10.1 Å². The molecule has 0 aliphatic rings. The summed E-state index contributed by atoms with van der Waals surface area (Å²) in [6, 6.07) is 9.56. The fraction of sp³-hybridized carbons (Fsp3) is 0. The van der Waals surface area contributed by atoms with Crippen molar-refractivity contribution in [2.45, 2.75) is 0 Å². The average molecular weight is 202 g/mol. The summed E-state index contributed by atoms with van der Waals surface area (Å²) in [5, 5.41) is 11.6. The molecule has 0 atom stereocenters. The molecule has 76 valence electrons. The third-order valence-electron chi connectivity index (χ3n) is 2.04. The van der Waals surface area contributed by atoms with Crippen LogP contribution in [0.5, 0.6) is 0 Å². The van der Waals surface area contributed by atoms with Gasteiger partial charge in [0.2, 0.25) is 0 Å². The lowest BCUT2D eigenvalue weighted by Gasteiger charge is -2.05. The van der Waals surface area contributed by atoms with Gasteiger partial charge in [-0.1, -0.05) is 23.4 Å². The van der Waals surface area contributed by atoms with Crippen LogP contribution in [0.25, 0.3) is 5.69 Å². The van der Waals surface area contributed by atoms with Crippen molar-refractivity contribution in [3.8, 4) is 5.69 Å². The second kappa shape index (κ2) is 3.83. The van der Waals surface area contributed by atoms with Crippen LogP contribution in [0.4, 0.5) is 0 Å². The standard InChI is InChI=1S/C10H10N4O/c11-10(13-15)9-6-12-7-14(9)8-4-2-1-3-5-8/h1-7,15H,(H2,11,13). The predicted octanol–water partition coefficient (Wildman–Crippen LogP) is 0.967. The first-order valence-electron chi connectivity index (χ1n) is 4.38. The van der Waals surface area contributed by atoms with Crippen molar-refractivity contribution in [1.29, 1.82) is 0 Å². The molecule has 1 aromatic carbocycles. The molecule has 15 heavy (non-hydrogen) atoms. The summed E-state index contributed by atoms with van der Waals surface area (Å²) in [4.78, 5) is 3.96. The highest BCUT2D eigenvalue weighted by atomic mass is 16.4. The molecular weight excluding hydrogens is 192 g/mol. The van der Waals surface area contributed by atoms with Crippen LogP contribution in [0.3, 0.4) is 0 Å². The molecule has 1 aromatic heterocycles. The number of rotatable bonds is 2. The summed E-state index contributed by atoms with van der Waals surface area (Å²) in [6.45, 7) is 0. The summed E-state index contributed by atoms with van der Waals surface area (Å²) >= 11 is 0. The van der Waals surface area contributed by atoms with E-state index < -0.39 is 0 Å². The normalized spacial score (nSPS) is 11.6. The molecule has 0 saturated heterocycles. The maximum absolute atomic E-state index is 8.60. The number of nitrogens with zero attached hydrogens (tertiary/aromatic N) is 3. The third-order valence-corrected chi connectivity index (χ3v) is 2.04. The number of benzene rings is 1. The van der Waals surface area contributed by atoms with Gasteiger partial charge in [0.25, 0.3) is 0 Å². The molecule has 5 nitrogen and oxygen atoms in total. The Morgan fingerprint density at radius 3 is 2.73 bits per heavy atom. The van der Waals surface area contributed by atoms with Crippen molar-refractivity contribution >= 4 is 5.84 Å². The van der Waals surface area contributed by atoms with Gasteiger partial charge < -0.3 is 10.9 Å². The molecule has 0 fully saturated rings. The van der Waals surface area contributed by atoms with Gasteiger partial charge in [0, 0.05) is 5.69 Å². The summed E-state index contributed by atoms with van der Waals surface area (Å²) in [5.41, 5.74) is 6.99. The Bertz CT molecular complexity index is 475. The molecule has 2 aromatic rings. The summed E-state index contributed by atoms with van der Waals surface area (Å²) in [6.07, 6.45) is 3.16. The molecule has 0 bridgehead atoms. The first kappa shape index (κ1) is 9.26. The van der Waals surface area contributed by atoms with Gasteiger partial charge in [-0.05, 0) is 12.1 Å². The Hall–Kier alpha value is -2.30. The minimum atomic E-state index is 0.0383. The quantitative estimate of drug-likeness (QED) is 0.329. The minimum Gasteiger partial charge on any atom is -0.409 e. The third kappa shape index (κ3) is 1.67. The molecule has 3 N–H and O–H groups in total. The SMILES string of the molecule is N/C(=N/O)c1cncn1-c1ccccc1. The van der Waals surface area contributed by atoms with Crippen LogP contribution in [-0.2, 0) is 0 Å². The van der Waals surface area contributed by atoms with Crippen molar-refractivity contribution < 1.29 is 5.21 Å². The molecule has 0 amide bonds. The van der Waals surface area contributed by atoms with Gasteiger partial charge in [-0.2, -0.15) is 0 Å². The van der Waals surface area contributed by atoms with E-state index in [1.165, 1.54) is 0 Å². The van der Waals surface area contributed by atoms with Crippen molar-refractivity contribution in [2.75, 3.05) is 0 Å². The van der Waals surface area contributed by atoms with Crippen molar-refractivity contribution in [3.05, 3.63) is 48.5 Å². The number of hydrogen-bond donors (Lipinski definition) is 2. The Labute approximate surface area is 86.5 Å². The highest BCUT2D eigenvalue weighted by Gasteiger charge is 2.07. The number of oxime groups is 1. The van der Waals surface area contributed by atoms with E-state index in [4.69, 9.17) is 10.9 Å². The van der Waals surface area contributed by atoms with E-state index in [1.54, 1.807) is 17.1 Å². The van der Waals surface area contributed by atoms with Crippen molar-refractivity contribution in [3.63, 3.8) is 0 Å². The molecule has 2 rings (SSSR count). The van der Waals surface area contributed by atoms with Gasteiger partial charge in [-0.25, -0.2) is 4.98 Å². The van der Waals surface area contributed by atoms with Gasteiger partial charge in [-0.15, -0.1) is 0 Å². The largest absolute Gasteiger partial charge is 0.409 e. The second-order valence-electron chi connectivity index (χ2n) is 2.97. The van der Waals surface area contributed by atoms with Crippen molar-refractivity contribution in [1.82, 2.24) is 9.55 Å². The minimum absolute atomic E-state index is 0.0383. The van der Waals surface area contributed by atoms with E-state index >= 15 is 0 Å². The Morgan fingerprint density at radius 2 is 2.07 bits per heavy atom. The summed E-state index contributed by atoms with van der Waals surface area (Å²) in [5.74, 6) is 0.0383. The van der Waals surface area contributed by atoms with E-state index in [9.17, 15) is 0 Å². The van der Waals surface area contributed by atoms with Crippen LogP contribution >= 0.6 is 0 Å². The van der Waals surface area contributed by atoms with Gasteiger partial charge in [-0.3, -0.25) is 4.57 Å². The van der Waals surface area contributed by atoms with Crippen LogP contribution in [0.15, 0.2) is 48.0 Å². The van der Waals surface area contributed by atoms with E-state index in [0.717, 1.165) is 5.69 Å². The lowest BCUT2D eigenvalue weighted by Crippen LogP contribution is -2.17. The highest BCUT2D eigenvalue weighted by Crippen LogP contribution is 2.10. The zero-order chi connectivity index (χ0) is 10.7. The molecule has 0 aliphatic heterocycles. The highest BCUT2D eigenvalue weighted by molar-refractivity contribution is 5.95. The number of amidine groups is 1. The van der Waals surface area contributed by atoms with Gasteiger partial charge in [0.05, 0.1) is 12.5 Å². The lowest BCUT2D eigenvalue weighted by molar-refractivity contribution is 0.318. The smallest absolute Gasteiger partial charge is 0.188 e. The molecule has 5 heteroatoms. The topological polar surface area (TPSA) is 76.4 Å². The molecule has 0 saturated carbocycles. The zero-order valence-electron chi connectivity index (χ0n) is 7.91. The molecule has 0 aliphatic carbocycles. The zero-order valence-corrected chi connectivity index (χ0v) is 7.91. The van der Waals surface area contributed by atoms with Crippen LogP contribution in [0, 0.1) is 0 Å². The molecule has 0 unspecified atom stereocenters. The van der Waals surface area contributed by atoms with E-state index in [0.29, 0.717) is 5.69 Å². The van der Waals surface area contributed by atoms with Crippen LogP contribution in [0.2, 0.25) is 0 Å². The molecular formula is C10H10N4O. The van der Waals surface area contributed by atoms with E-state index in [-0.39, 0.29) is 5.84 Å². The van der Waals surface area contributed by atoms with Crippen LogP contribution in [0.1, 0.15) is 5.69 Å². The number of aromatic nitrogens is 2. The van der Waals surface area contributed by atoms with Gasteiger partial charge in [0.15, 0.2) is 5.84 Å². The molecule has 0 spiro atoms. The first-order valence-corrected chi connectivity index (χ1v) is 4.38. The maximum atomic E-state index is 8.60. The molecule has 0 radical (unpaired) electrons. The first-order chi connectivity index (χ1) is 7.33. The Kier molecular flexibility index (Phi) is 2.37. The number of para-hydroxylation sites is 1. The van der Waals surface area contributed by atoms with E-state index in [1.807, 2.05) is 30.3 Å². The number of hydrogen-bond acceptors (Lipinski definition) is 3.